The standard InChI is InChI=1S/C18H25N7O4.2ClH/c1-2-29-18(28)23-14(10-19)16(27)21-11-3-4-13-12(9-11)15(26)24-17(22-13)25-7-5-20-6-8-25;;/h3-4,9,14,20H,2,5-8,10,19H2,1H3,(H,21,27)(H,23,28)(H,22,24,26);2*1H/t14-;;/m0../s1. The van der Waals surface area contributed by atoms with E-state index < -0.39 is 18.0 Å². The first-order valence-corrected chi connectivity index (χ1v) is 9.45. The minimum absolute atomic E-state index is 0. The van der Waals surface area contributed by atoms with E-state index in [1.54, 1.807) is 25.1 Å². The van der Waals surface area contributed by atoms with Gasteiger partial charge in [0.25, 0.3) is 5.56 Å². The second-order valence-corrected chi connectivity index (χ2v) is 6.50. The third-order valence-corrected chi connectivity index (χ3v) is 4.50. The Hall–Kier alpha value is -2.60. The number of benzene rings is 1. The fourth-order valence-corrected chi connectivity index (χ4v) is 3.01. The van der Waals surface area contributed by atoms with Gasteiger partial charge in [-0.2, -0.15) is 0 Å². The summed E-state index contributed by atoms with van der Waals surface area (Å²) in [5.41, 5.74) is 6.20. The number of halogens is 2. The summed E-state index contributed by atoms with van der Waals surface area (Å²) in [6.07, 6.45) is -0.724. The van der Waals surface area contributed by atoms with Gasteiger partial charge in [0.15, 0.2) is 0 Å². The van der Waals surface area contributed by atoms with Gasteiger partial charge in [0.1, 0.15) is 6.04 Å². The maximum atomic E-state index is 12.5. The topological polar surface area (TPSA) is 154 Å². The molecular weight excluding hydrogens is 449 g/mol. The Labute approximate surface area is 191 Å². The van der Waals surface area contributed by atoms with Crippen molar-refractivity contribution in [3.8, 4) is 0 Å². The van der Waals surface area contributed by atoms with Crippen LogP contribution >= 0.6 is 24.8 Å². The number of hydrogen-bond donors (Lipinski definition) is 5. The number of nitrogens with one attached hydrogen (secondary N) is 4. The average Bonchev–Trinajstić information content (AvgIpc) is 2.73. The van der Waals surface area contributed by atoms with Gasteiger partial charge in [-0.1, -0.05) is 0 Å². The number of piperazine rings is 1. The number of carbonyl (C=O) groups excluding carboxylic acids is 2. The van der Waals surface area contributed by atoms with Crippen molar-refractivity contribution in [1.29, 1.82) is 0 Å². The number of nitrogens with zero attached hydrogens (tertiary/aromatic N) is 2. The Bertz CT molecular complexity index is 950. The quantitative estimate of drug-likeness (QED) is 0.396. The van der Waals surface area contributed by atoms with Crippen LogP contribution in [0.2, 0.25) is 0 Å². The highest BCUT2D eigenvalue weighted by Crippen LogP contribution is 2.17. The third kappa shape index (κ3) is 6.69. The van der Waals surface area contributed by atoms with Crippen molar-refractivity contribution in [2.24, 2.45) is 5.73 Å². The van der Waals surface area contributed by atoms with Gasteiger partial charge in [0.2, 0.25) is 11.9 Å². The molecule has 13 heteroatoms. The molecule has 11 nitrogen and oxygen atoms in total. The molecule has 1 aromatic carbocycles. The zero-order chi connectivity index (χ0) is 20.8. The van der Waals surface area contributed by atoms with E-state index in [1.165, 1.54) is 0 Å². The highest BCUT2D eigenvalue weighted by molar-refractivity contribution is 5.98. The molecule has 0 radical (unpaired) electrons. The van der Waals surface area contributed by atoms with Crippen LogP contribution in [0.25, 0.3) is 10.9 Å². The summed E-state index contributed by atoms with van der Waals surface area (Å²) < 4.78 is 4.76. The number of rotatable bonds is 6. The number of anilines is 2. The third-order valence-electron chi connectivity index (χ3n) is 4.50. The first-order valence-electron chi connectivity index (χ1n) is 9.45. The number of carbonyl (C=O) groups is 2. The molecule has 0 spiro atoms. The largest absolute Gasteiger partial charge is 0.450 e. The van der Waals surface area contributed by atoms with E-state index in [0.29, 0.717) is 22.5 Å². The molecule has 3 rings (SSSR count). The van der Waals surface area contributed by atoms with E-state index in [9.17, 15) is 14.4 Å². The van der Waals surface area contributed by atoms with Crippen LogP contribution in [0.15, 0.2) is 23.0 Å². The van der Waals surface area contributed by atoms with Crippen LogP contribution in [-0.2, 0) is 9.53 Å². The van der Waals surface area contributed by atoms with Crippen molar-refractivity contribution in [3.05, 3.63) is 28.6 Å². The molecule has 2 amide bonds. The van der Waals surface area contributed by atoms with Gasteiger partial charge in [-0.05, 0) is 25.1 Å². The highest BCUT2D eigenvalue weighted by atomic mass is 35.5. The van der Waals surface area contributed by atoms with Crippen LogP contribution in [0.1, 0.15) is 6.92 Å². The maximum Gasteiger partial charge on any atom is 0.407 e. The Morgan fingerprint density at radius 1 is 1.29 bits per heavy atom. The molecule has 2 heterocycles. The number of nitrogens with two attached hydrogens (primary N) is 1. The molecular formula is C18H27Cl2N7O4. The average molecular weight is 476 g/mol. The van der Waals surface area contributed by atoms with E-state index in [1.807, 2.05) is 4.90 Å². The summed E-state index contributed by atoms with van der Waals surface area (Å²) in [7, 11) is 0. The summed E-state index contributed by atoms with van der Waals surface area (Å²) in [6, 6.07) is 3.89. The maximum absolute atomic E-state index is 12.5. The van der Waals surface area contributed by atoms with Gasteiger partial charge in [0, 0.05) is 38.4 Å². The van der Waals surface area contributed by atoms with Crippen LogP contribution in [-0.4, -0.2) is 67.3 Å². The van der Waals surface area contributed by atoms with Crippen molar-refractivity contribution in [3.63, 3.8) is 0 Å². The molecule has 1 aliphatic rings. The van der Waals surface area contributed by atoms with Crippen molar-refractivity contribution in [1.82, 2.24) is 20.6 Å². The zero-order valence-electron chi connectivity index (χ0n) is 17.0. The minimum atomic E-state index is -0.962. The molecule has 0 aliphatic carbocycles. The fourth-order valence-electron chi connectivity index (χ4n) is 3.01. The summed E-state index contributed by atoms with van der Waals surface area (Å²) in [5, 5.41) is 8.64. The molecule has 6 N–H and O–H groups in total. The lowest BCUT2D eigenvalue weighted by Gasteiger charge is -2.27. The van der Waals surface area contributed by atoms with Crippen LogP contribution < -0.4 is 32.1 Å². The number of ether oxygens (including phenoxy) is 1. The van der Waals surface area contributed by atoms with Crippen LogP contribution in [0.3, 0.4) is 0 Å². The van der Waals surface area contributed by atoms with E-state index >= 15 is 0 Å². The molecule has 2 aromatic rings. The van der Waals surface area contributed by atoms with E-state index in [4.69, 9.17) is 10.5 Å². The van der Waals surface area contributed by atoms with Gasteiger partial charge in [-0.25, -0.2) is 9.78 Å². The van der Waals surface area contributed by atoms with Gasteiger partial charge in [-0.3, -0.25) is 14.6 Å². The lowest BCUT2D eigenvalue weighted by molar-refractivity contribution is -0.117. The second kappa shape index (κ2) is 12.3. The second-order valence-electron chi connectivity index (χ2n) is 6.50. The highest BCUT2D eigenvalue weighted by Gasteiger charge is 2.20. The summed E-state index contributed by atoms with van der Waals surface area (Å²) in [6.45, 7) is 4.91. The number of hydrogen-bond acceptors (Lipinski definition) is 8. The molecule has 172 valence electrons. The number of amides is 2. The Balaban J connectivity index is 0.00000240. The number of aromatic amines is 1. The monoisotopic (exact) mass is 475 g/mol. The predicted molar refractivity (Wildman–Crippen MR) is 124 cm³/mol. The summed E-state index contributed by atoms with van der Waals surface area (Å²) in [5.74, 6) is 0.0179. The van der Waals surface area contributed by atoms with E-state index in [-0.39, 0.29) is 43.5 Å². The van der Waals surface area contributed by atoms with Crippen molar-refractivity contribution >= 4 is 59.4 Å². The van der Waals surface area contributed by atoms with Gasteiger partial charge in [0.05, 0.1) is 17.5 Å². The molecule has 1 aliphatic heterocycles. The number of fused-ring (bicyclic) bond motifs is 1. The SMILES string of the molecule is CCOC(=O)N[C@@H](CN)C(=O)Nc1ccc2nc(N3CCNCC3)[nH]c(=O)c2c1.Cl.Cl. The molecule has 1 fully saturated rings. The van der Waals surface area contributed by atoms with Gasteiger partial charge < -0.3 is 31.3 Å². The first-order chi connectivity index (χ1) is 14.0. The van der Waals surface area contributed by atoms with Gasteiger partial charge >= 0.3 is 6.09 Å². The Morgan fingerprint density at radius 2 is 2.00 bits per heavy atom. The van der Waals surface area contributed by atoms with E-state index in [0.717, 1.165) is 26.2 Å². The number of aromatic nitrogens is 2. The molecule has 1 aromatic heterocycles. The lowest BCUT2D eigenvalue weighted by Crippen LogP contribution is -2.48. The normalized spacial score (nSPS) is 14.1. The Kier molecular flexibility index (Phi) is 10.5. The number of alkyl carbamates (subject to hydrolysis) is 1. The van der Waals surface area contributed by atoms with Crippen molar-refractivity contribution in [2.45, 2.75) is 13.0 Å². The van der Waals surface area contributed by atoms with Gasteiger partial charge in [-0.15, -0.1) is 24.8 Å². The van der Waals surface area contributed by atoms with Crippen molar-refractivity contribution in [2.75, 3.05) is 49.5 Å². The van der Waals surface area contributed by atoms with Crippen molar-refractivity contribution < 1.29 is 14.3 Å². The van der Waals surface area contributed by atoms with E-state index in [2.05, 4.69) is 25.9 Å². The molecule has 31 heavy (non-hydrogen) atoms. The molecule has 0 saturated carbocycles. The van der Waals surface area contributed by atoms with Crippen LogP contribution in [0.5, 0.6) is 0 Å². The fraction of sp³-hybridized carbons (Fsp3) is 0.444. The summed E-state index contributed by atoms with van der Waals surface area (Å²) in [4.78, 5) is 45.8. The molecule has 1 atom stereocenters. The Morgan fingerprint density at radius 3 is 2.65 bits per heavy atom. The minimum Gasteiger partial charge on any atom is -0.450 e. The van der Waals surface area contributed by atoms with Crippen LogP contribution in [0.4, 0.5) is 16.4 Å². The predicted octanol–water partition coefficient (Wildman–Crippen LogP) is 0.188. The first kappa shape index (κ1) is 26.4. The number of H-pyrrole nitrogens is 1. The molecule has 1 saturated heterocycles. The van der Waals surface area contributed by atoms with Crippen LogP contribution in [0, 0.1) is 0 Å². The smallest absolute Gasteiger partial charge is 0.407 e. The molecule has 0 bridgehead atoms. The molecule has 0 unspecified atom stereocenters. The lowest BCUT2D eigenvalue weighted by atomic mass is 10.2. The summed E-state index contributed by atoms with van der Waals surface area (Å²) >= 11 is 0. The zero-order valence-corrected chi connectivity index (χ0v) is 18.6.